The van der Waals surface area contributed by atoms with Gasteiger partial charge >= 0.3 is 0 Å². The van der Waals surface area contributed by atoms with Gasteiger partial charge in [0.05, 0.1) is 0 Å². The van der Waals surface area contributed by atoms with Crippen molar-refractivity contribution in [1.29, 1.82) is 0 Å². The lowest BCUT2D eigenvalue weighted by Crippen LogP contribution is -2.12. The van der Waals surface area contributed by atoms with Crippen LogP contribution >= 0.6 is 0 Å². The molecule has 1 N–H and O–H groups in total. The van der Waals surface area contributed by atoms with Crippen LogP contribution in [0.3, 0.4) is 0 Å². The van der Waals surface area contributed by atoms with Gasteiger partial charge in [0.25, 0.3) is 5.91 Å². The van der Waals surface area contributed by atoms with E-state index in [1.165, 1.54) is 5.56 Å². The van der Waals surface area contributed by atoms with Crippen LogP contribution in [0.5, 0.6) is 0 Å². The third-order valence-corrected chi connectivity index (χ3v) is 3.31. The molecule has 0 fully saturated rings. The Morgan fingerprint density at radius 3 is 2.73 bits per heavy atom. The Balaban J connectivity index is 1.74. The lowest BCUT2D eigenvalue weighted by atomic mass is 10.1. The Morgan fingerprint density at radius 2 is 2.05 bits per heavy atom. The van der Waals surface area contributed by atoms with Gasteiger partial charge in [-0.3, -0.25) is 9.78 Å². The maximum absolute atomic E-state index is 12.2. The number of nitrogens with one attached hydrogen (secondary N) is 1. The topological polar surface area (TPSA) is 68.0 Å². The molecule has 0 aliphatic heterocycles. The Labute approximate surface area is 128 Å². The summed E-state index contributed by atoms with van der Waals surface area (Å²) >= 11 is 0. The lowest BCUT2D eigenvalue weighted by Gasteiger charge is -2.03. The molecule has 2 aromatic heterocycles. The van der Waals surface area contributed by atoms with E-state index in [0.717, 1.165) is 17.7 Å². The van der Waals surface area contributed by atoms with Crippen LogP contribution in [0.2, 0.25) is 0 Å². The zero-order chi connectivity index (χ0) is 15.4. The molecule has 0 saturated carbocycles. The molecular formula is C17H15N3O2. The maximum atomic E-state index is 12.2. The normalized spacial score (nSPS) is 10.4. The Kier molecular flexibility index (Phi) is 3.96. The van der Waals surface area contributed by atoms with Crippen LogP contribution in [0.15, 0.2) is 59.4 Å². The quantitative estimate of drug-likeness (QED) is 0.798. The number of hydrogen-bond donors (Lipinski definition) is 1. The molecule has 0 aliphatic carbocycles. The zero-order valence-corrected chi connectivity index (χ0v) is 12.1. The highest BCUT2D eigenvalue weighted by molar-refractivity contribution is 6.03. The maximum Gasteiger partial charge on any atom is 0.277 e. The van der Waals surface area contributed by atoms with Gasteiger partial charge in [-0.05, 0) is 36.2 Å². The van der Waals surface area contributed by atoms with Crippen LogP contribution in [-0.4, -0.2) is 16.0 Å². The van der Waals surface area contributed by atoms with Crippen molar-refractivity contribution in [2.45, 2.75) is 13.3 Å². The van der Waals surface area contributed by atoms with Crippen LogP contribution < -0.4 is 5.32 Å². The molecule has 2 heterocycles. The number of nitrogens with zero attached hydrogens (tertiary/aromatic N) is 2. The molecule has 1 amide bonds. The number of anilines is 1. The van der Waals surface area contributed by atoms with Gasteiger partial charge in [-0.15, -0.1) is 0 Å². The van der Waals surface area contributed by atoms with E-state index in [4.69, 9.17) is 4.52 Å². The molecule has 5 heteroatoms. The largest absolute Gasteiger partial charge is 0.355 e. The summed E-state index contributed by atoms with van der Waals surface area (Å²) in [6.45, 7) is 2.09. The summed E-state index contributed by atoms with van der Waals surface area (Å²) in [4.78, 5) is 16.2. The first-order valence-corrected chi connectivity index (χ1v) is 7.03. The molecule has 22 heavy (non-hydrogen) atoms. The summed E-state index contributed by atoms with van der Waals surface area (Å²) in [5.41, 5.74) is 2.96. The van der Waals surface area contributed by atoms with Crippen molar-refractivity contribution >= 4 is 11.6 Å². The van der Waals surface area contributed by atoms with Crippen molar-refractivity contribution in [3.05, 3.63) is 66.1 Å². The van der Waals surface area contributed by atoms with Gasteiger partial charge in [0.2, 0.25) is 0 Å². The molecule has 3 aromatic rings. The number of pyridine rings is 1. The van der Waals surface area contributed by atoms with Gasteiger partial charge in [-0.25, -0.2) is 0 Å². The van der Waals surface area contributed by atoms with Gasteiger partial charge in [0.15, 0.2) is 11.5 Å². The first kappa shape index (κ1) is 14.0. The predicted molar refractivity (Wildman–Crippen MR) is 83.5 cm³/mol. The highest BCUT2D eigenvalue weighted by Gasteiger charge is 2.13. The molecule has 110 valence electrons. The summed E-state index contributed by atoms with van der Waals surface area (Å²) in [5, 5.41) is 6.60. The second-order valence-corrected chi connectivity index (χ2v) is 4.82. The number of amides is 1. The lowest BCUT2D eigenvalue weighted by molar-refractivity contribution is 0.101. The van der Waals surface area contributed by atoms with E-state index in [2.05, 4.69) is 22.4 Å². The summed E-state index contributed by atoms with van der Waals surface area (Å²) < 4.78 is 5.20. The second-order valence-electron chi connectivity index (χ2n) is 4.82. The molecule has 1 aromatic carbocycles. The molecule has 0 saturated heterocycles. The van der Waals surface area contributed by atoms with Crippen molar-refractivity contribution in [3.8, 4) is 11.3 Å². The molecule has 0 spiro atoms. The Bertz CT molecular complexity index is 764. The van der Waals surface area contributed by atoms with Crippen molar-refractivity contribution in [2.75, 3.05) is 5.32 Å². The Morgan fingerprint density at radius 1 is 1.23 bits per heavy atom. The molecular weight excluding hydrogens is 278 g/mol. The highest BCUT2D eigenvalue weighted by atomic mass is 16.5. The third-order valence-electron chi connectivity index (χ3n) is 3.31. The number of benzene rings is 1. The van der Waals surface area contributed by atoms with Gasteiger partial charge in [0, 0.05) is 29.7 Å². The van der Waals surface area contributed by atoms with Crippen LogP contribution in [0.1, 0.15) is 23.0 Å². The minimum absolute atomic E-state index is 0.235. The standard InChI is InChI=1S/C17H15N3O2/c1-2-12-5-7-14(8-6-12)19-17(21)15-10-16(22-20-15)13-4-3-9-18-11-13/h3-11H,2H2,1H3,(H,19,21). The van der Waals surface area contributed by atoms with Gasteiger partial charge in [-0.2, -0.15) is 0 Å². The van der Waals surface area contributed by atoms with E-state index in [1.807, 2.05) is 30.3 Å². The highest BCUT2D eigenvalue weighted by Crippen LogP contribution is 2.19. The fourth-order valence-corrected chi connectivity index (χ4v) is 2.05. The van der Waals surface area contributed by atoms with Crippen molar-refractivity contribution < 1.29 is 9.32 Å². The zero-order valence-electron chi connectivity index (χ0n) is 12.1. The summed E-state index contributed by atoms with van der Waals surface area (Å²) in [6.07, 6.45) is 4.30. The predicted octanol–water partition coefficient (Wildman–Crippen LogP) is 3.55. The molecule has 5 nitrogen and oxygen atoms in total. The van der Waals surface area contributed by atoms with Crippen LogP contribution in [0.25, 0.3) is 11.3 Å². The number of aromatic nitrogens is 2. The smallest absolute Gasteiger partial charge is 0.277 e. The number of aryl methyl sites for hydroxylation is 1. The second kappa shape index (κ2) is 6.22. The summed E-state index contributed by atoms with van der Waals surface area (Å²) in [7, 11) is 0. The monoisotopic (exact) mass is 293 g/mol. The van der Waals surface area contributed by atoms with Crippen LogP contribution in [-0.2, 0) is 6.42 Å². The minimum atomic E-state index is -0.303. The Hall–Kier alpha value is -2.95. The fraction of sp³-hybridized carbons (Fsp3) is 0.118. The van der Waals surface area contributed by atoms with E-state index >= 15 is 0 Å². The van der Waals surface area contributed by atoms with Crippen LogP contribution in [0, 0.1) is 0 Å². The number of carbonyl (C=O) groups excluding carboxylic acids is 1. The minimum Gasteiger partial charge on any atom is -0.355 e. The first-order valence-electron chi connectivity index (χ1n) is 7.03. The average Bonchev–Trinajstić information content (AvgIpc) is 3.06. The number of rotatable bonds is 4. The van der Waals surface area contributed by atoms with E-state index in [0.29, 0.717) is 5.76 Å². The molecule has 0 unspecified atom stereocenters. The van der Waals surface area contributed by atoms with Crippen molar-refractivity contribution in [3.63, 3.8) is 0 Å². The molecule has 3 rings (SSSR count). The fourth-order valence-electron chi connectivity index (χ4n) is 2.05. The molecule has 0 radical (unpaired) electrons. The summed E-state index contributed by atoms with van der Waals surface area (Å²) in [6, 6.07) is 13.0. The van der Waals surface area contributed by atoms with Gasteiger partial charge in [0.1, 0.15) is 0 Å². The number of carbonyl (C=O) groups is 1. The van der Waals surface area contributed by atoms with E-state index < -0.39 is 0 Å². The number of hydrogen-bond acceptors (Lipinski definition) is 4. The first-order chi connectivity index (χ1) is 10.8. The third kappa shape index (κ3) is 3.03. The van der Waals surface area contributed by atoms with Gasteiger partial charge < -0.3 is 9.84 Å². The van der Waals surface area contributed by atoms with Crippen LogP contribution in [0.4, 0.5) is 5.69 Å². The van der Waals surface area contributed by atoms with E-state index in [-0.39, 0.29) is 11.6 Å². The molecule has 0 aliphatic rings. The average molecular weight is 293 g/mol. The SMILES string of the molecule is CCc1ccc(NC(=O)c2cc(-c3cccnc3)on2)cc1. The summed E-state index contributed by atoms with van der Waals surface area (Å²) in [5.74, 6) is 0.211. The van der Waals surface area contributed by atoms with E-state index in [9.17, 15) is 4.79 Å². The van der Waals surface area contributed by atoms with Crippen molar-refractivity contribution in [1.82, 2.24) is 10.1 Å². The van der Waals surface area contributed by atoms with Gasteiger partial charge in [-0.1, -0.05) is 24.2 Å². The van der Waals surface area contributed by atoms with Crippen molar-refractivity contribution in [2.24, 2.45) is 0 Å². The molecule has 0 bridgehead atoms. The molecule has 0 atom stereocenters. The van der Waals surface area contributed by atoms with E-state index in [1.54, 1.807) is 24.5 Å².